The van der Waals surface area contributed by atoms with Crippen LogP contribution in [0, 0.1) is 12.8 Å². The molecule has 1 saturated carbocycles. The van der Waals surface area contributed by atoms with Crippen molar-refractivity contribution in [2.24, 2.45) is 5.92 Å². The number of benzene rings is 1. The summed E-state index contributed by atoms with van der Waals surface area (Å²) in [5, 5.41) is 7.00. The van der Waals surface area contributed by atoms with Crippen LogP contribution in [0.25, 0.3) is 0 Å². The Kier molecular flexibility index (Phi) is 5.21. The molecule has 1 aliphatic rings. The maximum Gasteiger partial charge on any atom is 0.0205 e. The molecule has 0 atom stereocenters. The van der Waals surface area contributed by atoms with Gasteiger partial charge in [-0.25, -0.2) is 0 Å². The van der Waals surface area contributed by atoms with Crippen molar-refractivity contribution in [3.63, 3.8) is 0 Å². The van der Waals surface area contributed by atoms with E-state index in [1.807, 2.05) is 0 Å². The van der Waals surface area contributed by atoms with Crippen LogP contribution in [0.5, 0.6) is 0 Å². The van der Waals surface area contributed by atoms with Crippen LogP contribution in [0.1, 0.15) is 36.8 Å². The molecule has 1 aromatic carbocycles. The fraction of sp³-hybridized carbons (Fsp3) is 0.625. The third-order valence-electron chi connectivity index (χ3n) is 4.10. The van der Waals surface area contributed by atoms with Gasteiger partial charge in [0.2, 0.25) is 0 Å². The Bertz CT molecular complexity index is 354. The van der Waals surface area contributed by atoms with Crippen LogP contribution in [0.3, 0.4) is 0 Å². The molecule has 0 saturated heterocycles. The van der Waals surface area contributed by atoms with E-state index in [4.69, 9.17) is 0 Å². The minimum absolute atomic E-state index is 0.762. The molecule has 18 heavy (non-hydrogen) atoms. The quantitative estimate of drug-likeness (QED) is 0.835. The topological polar surface area (TPSA) is 24.1 Å². The van der Waals surface area contributed by atoms with Gasteiger partial charge in [-0.1, -0.05) is 29.8 Å². The average Bonchev–Trinajstić information content (AvgIpc) is 2.40. The van der Waals surface area contributed by atoms with Crippen LogP contribution < -0.4 is 10.6 Å². The highest BCUT2D eigenvalue weighted by atomic mass is 14.9. The summed E-state index contributed by atoms with van der Waals surface area (Å²) in [6.07, 6.45) is 5.42. The zero-order valence-corrected chi connectivity index (χ0v) is 11.7. The monoisotopic (exact) mass is 246 g/mol. The molecule has 0 radical (unpaired) electrons. The van der Waals surface area contributed by atoms with Crippen LogP contribution >= 0.6 is 0 Å². The van der Waals surface area contributed by atoms with E-state index in [1.165, 1.54) is 43.4 Å². The van der Waals surface area contributed by atoms with Crippen LogP contribution in [0.15, 0.2) is 24.3 Å². The van der Waals surface area contributed by atoms with Crippen molar-refractivity contribution in [2.45, 2.75) is 45.2 Å². The van der Waals surface area contributed by atoms with E-state index in [0.29, 0.717) is 0 Å². The van der Waals surface area contributed by atoms with E-state index in [0.717, 1.165) is 18.5 Å². The van der Waals surface area contributed by atoms with Crippen molar-refractivity contribution in [3.8, 4) is 0 Å². The maximum atomic E-state index is 3.61. The van der Waals surface area contributed by atoms with E-state index < -0.39 is 0 Å². The van der Waals surface area contributed by atoms with E-state index in [1.54, 1.807) is 0 Å². The van der Waals surface area contributed by atoms with Crippen molar-refractivity contribution in [2.75, 3.05) is 13.6 Å². The zero-order valence-electron chi connectivity index (χ0n) is 11.7. The van der Waals surface area contributed by atoms with Gasteiger partial charge in [0, 0.05) is 12.6 Å². The van der Waals surface area contributed by atoms with Gasteiger partial charge in [-0.15, -0.1) is 0 Å². The van der Waals surface area contributed by atoms with Crippen molar-refractivity contribution >= 4 is 0 Å². The second kappa shape index (κ2) is 6.91. The van der Waals surface area contributed by atoms with Gasteiger partial charge in [0.25, 0.3) is 0 Å². The average molecular weight is 246 g/mol. The van der Waals surface area contributed by atoms with E-state index in [2.05, 4.69) is 48.9 Å². The summed E-state index contributed by atoms with van der Waals surface area (Å²) in [5.74, 6) is 0.874. The second-order valence-electron chi connectivity index (χ2n) is 5.63. The Labute approximate surface area is 111 Å². The molecule has 0 spiro atoms. The summed E-state index contributed by atoms with van der Waals surface area (Å²) in [7, 11) is 2.08. The Morgan fingerprint density at radius 3 is 2.61 bits per heavy atom. The molecular weight excluding hydrogens is 220 g/mol. The number of rotatable bonds is 5. The molecule has 0 amide bonds. The smallest absolute Gasteiger partial charge is 0.0205 e. The lowest BCUT2D eigenvalue weighted by molar-refractivity contribution is 0.292. The van der Waals surface area contributed by atoms with Crippen molar-refractivity contribution in [3.05, 3.63) is 35.4 Å². The van der Waals surface area contributed by atoms with Gasteiger partial charge in [0.05, 0.1) is 0 Å². The van der Waals surface area contributed by atoms with Crippen LogP contribution in [-0.2, 0) is 6.54 Å². The summed E-state index contributed by atoms with van der Waals surface area (Å²) < 4.78 is 0. The van der Waals surface area contributed by atoms with Crippen molar-refractivity contribution in [1.82, 2.24) is 10.6 Å². The van der Waals surface area contributed by atoms with Crippen molar-refractivity contribution in [1.29, 1.82) is 0 Å². The molecule has 100 valence electrons. The highest BCUT2D eigenvalue weighted by Crippen LogP contribution is 2.23. The minimum Gasteiger partial charge on any atom is -0.317 e. The van der Waals surface area contributed by atoms with Gasteiger partial charge < -0.3 is 10.6 Å². The number of aryl methyl sites for hydroxylation is 1. The first-order chi connectivity index (χ1) is 8.78. The number of hydrogen-bond acceptors (Lipinski definition) is 2. The highest BCUT2D eigenvalue weighted by molar-refractivity contribution is 5.21. The molecule has 2 rings (SSSR count). The number of hydrogen-bond donors (Lipinski definition) is 2. The van der Waals surface area contributed by atoms with Gasteiger partial charge in [0.1, 0.15) is 0 Å². The standard InChI is InChI=1S/C16H26N2/c1-13-4-3-5-15(10-13)12-18-11-14-6-8-16(17-2)9-7-14/h3-5,10,14,16-18H,6-9,11-12H2,1-2H3. The highest BCUT2D eigenvalue weighted by Gasteiger charge is 2.19. The van der Waals surface area contributed by atoms with E-state index in [-0.39, 0.29) is 0 Å². The molecule has 2 nitrogen and oxygen atoms in total. The summed E-state index contributed by atoms with van der Waals surface area (Å²) in [6.45, 7) is 4.33. The molecule has 0 bridgehead atoms. The van der Waals surface area contributed by atoms with E-state index in [9.17, 15) is 0 Å². The Morgan fingerprint density at radius 1 is 1.17 bits per heavy atom. The molecule has 0 heterocycles. The van der Waals surface area contributed by atoms with Crippen LogP contribution in [0.4, 0.5) is 0 Å². The summed E-state index contributed by atoms with van der Waals surface area (Å²) in [6, 6.07) is 9.54. The summed E-state index contributed by atoms with van der Waals surface area (Å²) in [4.78, 5) is 0. The lowest BCUT2D eigenvalue weighted by Gasteiger charge is -2.28. The maximum absolute atomic E-state index is 3.61. The molecule has 1 fully saturated rings. The Morgan fingerprint density at radius 2 is 1.94 bits per heavy atom. The summed E-state index contributed by atoms with van der Waals surface area (Å²) in [5.41, 5.74) is 2.75. The Hall–Kier alpha value is -0.860. The zero-order chi connectivity index (χ0) is 12.8. The van der Waals surface area contributed by atoms with Gasteiger partial charge in [-0.05, 0) is 57.7 Å². The lowest BCUT2D eigenvalue weighted by atomic mass is 9.86. The van der Waals surface area contributed by atoms with Gasteiger partial charge in [0.15, 0.2) is 0 Å². The Balaban J connectivity index is 1.67. The van der Waals surface area contributed by atoms with Crippen LogP contribution in [0.2, 0.25) is 0 Å². The predicted octanol–water partition coefficient (Wildman–Crippen LogP) is 2.86. The van der Waals surface area contributed by atoms with Crippen molar-refractivity contribution < 1.29 is 0 Å². The number of nitrogens with one attached hydrogen (secondary N) is 2. The fourth-order valence-electron chi connectivity index (χ4n) is 2.90. The normalized spacial score (nSPS) is 24.1. The molecule has 0 aliphatic heterocycles. The third kappa shape index (κ3) is 4.11. The first kappa shape index (κ1) is 13.6. The van der Waals surface area contributed by atoms with E-state index >= 15 is 0 Å². The second-order valence-corrected chi connectivity index (χ2v) is 5.63. The predicted molar refractivity (Wildman–Crippen MR) is 77.7 cm³/mol. The minimum atomic E-state index is 0.762. The molecule has 0 unspecified atom stereocenters. The lowest BCUT2D eigenvalue weighted by Crippen LogP contribution is -2.33. The van der Waals surface area contributed by atoms with Gasteiger partial charge >= 0.3 is 0 Å². The SMILES string of the molecule is CNC1CCC(CNCc2cccc(C)c2)CC1. The fourth-order valence-corrected chi connectivity index (χ4v) is 2.90. The van der Waals surface area contributed by atoms with Crippen LogP contribution in [-0.4, -0.2) is 19.6 Å². The molecule has 0 aromatic heterocycles. The molecule has 2 heteroatoms. The third-order valence-corrected chi connectivity index (χ3v) is 4.10. The first-order valence-electron chi connectivity index (χ1n) is 7.21. The molecule has 1 aliphatic carbocycles. The molecular formula is C16H26N2. The molecule has 2 N–H and O–H groups in total. The molecule has 1 aromatic rings. The van der Waals surface area contributed by atoms with Gasteiger partial charge in [-0.3, -0.25) is 0 Å². The largest absolute Gasteiger partial charge is 0.317 e. The van der Waals surface area contributed by atoms with Gasteiger partial charge in [-0.2, -0.15) is 0 Å². The summed E-state index contributed by atoms with van der Waals surface area (Å²) >= 11 is 0. The first-order valence-corrected chi connectivity index (χ1v) is 7.21.